The number of hydrogen-bond acceptors (Lipinski definition) is 3. The van der Waals surface area contributed by atoms with Crippen LogP contribution in [0.5, 0.6) is 0 Å². The van der Waals surface area contributed by atoms with Gasteiger partial charge in [-0.15, -0.1) is 0 Å². The van der Waals surface area contributed by atoms with E-state index >= 15 is 0 Å². The van der Waals surface area contributed by atoms with Crippen molar-refractivity contribution >= 4 is 12.2 Å². The quantitative estimate of drug-likeness (QED) is 0.759. The van der Waals surface area contributed by atoms with Gasteiger partial charge in [0, 0.05) is 17.8 Å². The van der Waals surface area contributed by atoms with Gasteiger partial charge in [-0.3, -0.25) is 4.99 Å². The number of hydrogen-bond donors (Lipinski definition) is 1. The van der Waals surface area contributed by atoms with Crippen molar-refractivity contribution in [3.63, 3.8) is 0 Å². The number of nitrogens with zero attached hydrogens (tertiary/aromatic N) is 3. The molecule has 4 heteroatoms. The molecule has 1 N–H and O–H groups in total. The third-order valence-electron chi connectivity index (χ3n) is 2.92. The van der Waals surface area contributed by atoms with Crippen molar-refractivity contribution in [3.05, 3.63) is 48.4 Å². The summed E-state index contributed by atoms with van der Waals surface area (Å²) in [7, 11) is 0. The number of aliphatic imine (C=N–C) groups is 1. The molecule has 0 aliphatic carbocycles. The first-order chi connectivity index (χ1) is 8.43. The molecule has 1 aromatic rings. The molecule has 0 bridgehead atoms. The lowest BCUT2D eigenvalue weighted by Gasteiger charge is -2.20. The predicted molar refractivity (Wildman–Crippen MR) is 67.7 cm³/mol. The fourth-order valence-corrected chi connectivity index (χ4v) is 2.11. The Labute approximate surface area is 101 Å². The van der Waals surface area contributed by atoms with E-state index in [9.17, 15) is 0 Å². The largest absolute Gasteiger partial charge is 0.353 e. The first kappa shape index (κ1) is 10.1. The summed E-state index contributed by atoms with van der Waals surface area (Å²) in [6.07, 6.45) is 10.2. The number of aromatic nitrogens is 1. The van der Waals surface area contributed by atoms with Crippen LogP contribution in [0.25, 0.3) is 0 Å². The fourth-order valence-electron chi connectivity index (χ4n) is 2.11. The van der Waals surface area contributed by atoms with E-state index in [-0.39, 0.29) is 0 Å². The molecule has 17 heavy (non-hydrogen) atoms. The number of anilines is 1. The van der Waals surface area contributed by atoms with Gasteiger partial charge in [-0.2, -0.15) is 0 Å². The maximum Gasteiger partial charge on any atom is 0.281 e. The molecule has 0 amide bonds. The molecular formula is C13H15N4+. The molecule has 0 saturated heterocycles. The minimum Gasteiger partial charge on any atom is -0.353 e. The van der Waals surface area contributed by atoms with E-state index in [0.29, 0.717) is 0 Å². The van der Waals surface area contributed by atoms with Crippen molar-refractivity contribution in [2.45, 2.75) is 6.54 Å². The summed E-state index contributed by atoms with van der Waals surface area (Å²) in [4.78, 5) is 6.47. The van der Waals surface area contributed by atoms with E-state index < -0.39 is 0 Å². The van der Waals surface area contributed by atoms with E-state index in [1.165, 1.54) is 11.4 Å². The van der Waals surface area contributed by atoms with Gasteiger partial charge in [-0.05, 0) is 12.1 Å². The zero-order valence-corrected chi connectivity index (χ0v) is 9.58. The number of nitrogens with one attached hydrogen (secondary N) is 1. The molecule has 86 valence electrons. The third kappa shape index (κ3) is 2.06. The predicted octanol–water partition coefficient (Wildman–Crippen LogP) is 0.823. The summed E-state index contributed by atoms with van der Waals surface area (Å²) in [6, 6.07) is 6.28. The van der Waals surface area contributed by atoms with Crippen LogP contribution in [0, 0.1) is 0 Å². The Bertz CT molecular complexity index is 502. The average molecular weight is 227 g/mol. The van der Waals surface area contributed by atoms with Crippen molar-refractivity contribution < 1.29 is 4.57 Å². The van der Waals surface area contributed by atoms with Crippen molar-refractivity contribution in [2.24, 2.45) is 4.99 Å². The van der Waals surface area contributed by atoms with Gasteiger partial charge in [0.15, 0.2) is 0 Å². The molecule has 0 aromatic carbocycles. The SMILES string of the molecule is C1=CN(CC2=CNC=NC2)c2cccc[n+]2C1. The van der Waals surface area contributed by atoms with Gasteiger partial charge in [-0.25, -0.2) is 9.47 Å². The summed E-state index contributed by atoms with van der Waals surface area (Å²) in [5.41, 5.74) is 1.29. The summed E-state index contributed by atoms with van der Waals surface area (Å²) >= 11 is 0. The van der Waals surface area contributed by atoms with Gasteiger partial charge in [0.1, 0.15) is 13.1 Å². The highest BCUT2D eigenvalue weighted by molar-refractivity contribution is 5.58. The van der Waals surface area contributed by atoms with Crippen molar-refractivity contribution in [3.8, 4) is 0 Å². The van der Waals surface area contributed by atoms with Gasteiger partial charge in [-0.1, -0.05) is 6.07 Å². The molecule has 3 rings (SSSR count). The molecule has 0 radical (unpaired) electrons. The van der Waals surface area contributed by atoms with Crippen LogP contribution in [-0.2, 0) is 6.54 Å². The van der Waals surface area contributed by atoms with Crippen LogP contribution in [0.1, 0.15) is 0 Å². The lowest BCUT2D eigenvalue weighted by molar-refractivity contribution is -0.675. The fraction of sp³-hybridized carbons (Fsp3) is 0.231. The highest BCUT2D eigenvalue weighted by Gasteiger charge is 2.21. The van der Waals surface area contributed by atoms with Crippen LogP contribution in [0.4, 0.5) is 5.82 Å². The molecule has 0 atom stereocenters. The molecule has 0 saturated carbocycles. The van der Waals surface area contributed by atoms with Crippen LogP contribution in [0.3, 0.4) is 0 Å². The van der Waals surface area contributed by atoms with E-state index in [1.54, 1.807) is 6.34 Å². The minimum atomic E-state index is 0.782. The van der Waals surface area contributed by atoms with Gasteiger partial charge in [0.25, 0.3) is 5.82 Å². The number of fused-ring (bicyclic) bond motifs is 1. The lowest BCUT2D eigenvalue weighted by Crippen LogP contribution is -2.43. The first-order valence-electron chi connectivity index (χ1n) is 5.77. The van der Waals surface area contributed by atoms with Crippen LogP contribution in [0.15, 0.2) is 53.4 Å². The second kappa shape index (κ2) is 4.41. The summed E-state index contributed by atoms with van der Waals surface area (Å²) < 4.78 is 2.24. The summed E-state index contributed by atoms with van der Waals surface area (Å²) in [6.45, 7) is 2.61. The average Bonchev–Trinajstić information content (AvgIpc) is 2.40. The van der Waals surface area contributed by atoms with Gasteiger partial charge < -0.3 is 5.32 Å². The van der Waals surface area contributed by atoms with E-state index in [0.717, 1.165) is 19.6 Å². The second-order valence-corrected chi connectivity index (χ2v) is 4.16. The molecular weight excluding hydrogens is 212 g/mol. The second-order valence-electron chi connectivity index (χ2n) is 4.16. The smallest absolute Gasteiger partial charge is 0.281 e. The normalized spacial score (nSPS) is 17.4. The Morgan fingerprint density at radius 1 is 1.41 bits per heavy atom. The van der Waals surface area contributed by atoms with Crippen molar-refractivity contribution in [2.75, 3.05) is 18.0 Å². The number of rotatable bonds is 2. The Hall–Kier alpha value is -2.10. The van der Waals surface area contributed by atoms with E-state index in [2.05, 4.69) is 56.4 Å². The standard InChI is InChI=1S/C13H15N4/c1-2-5-16-6-3-7-17(13(16)4-1)10-12-8-14-11-15-9-12/h1-5,7-8,11H,6,9-10H2,(H,14,15)/q+1. The van der Waals surface area contributed by atoms with Gasteiger partial charge >= 0.3 is 0 Å². The Kier molecular flexibility index (Phi) is 2.62. The zero-order chi connectivity index (χ0) is 11.5. The molecule has 2 aliphatic heterocycles. The highest BCUT2D eigenvalue weighted by atomic mass is 15.2. The first-order valence-corrected chi connectivity index (χ1v) is 5.77. The monoisotopic (exact) mass is 227 g/mol. The Balaban J connectivity index is 1.81. The number of allylic oxidation sites excluding steroid dienone is 1. The van der Waals surface area contributed by atoms with Crippen LogP contribution >= 0.6 is 0 Å². The maximum absolute atomic E-state index is 4.22. The zero-order valence-electron chi connectivity index (χ0n) is 9.58. The molecule has 3 heterocycles. The lowest BCUT2D eigenvalue weighted by atomic mass is 10.2. The summed E-state index contributed by atoms with van der Waals surface area (Å²) in [5.74, 6) is 1.23. The van der Waals surface area contributed by atoms with Crippen LogP contribution in [-0.4, -0.2) is 19.4 Å². The van der Waals surface area contributed by atoms with Gasteiger partial charge in [0.2, 0.25) is 0 Å². The molecule has 4 nitrogen and oxygen atoms in total. The van der Waals surface area contributed by atoms with Crippen LogP contribution in [0.2, 0.25) is 0 Å². The van der Waals surface area contributed by atoms with E-state index in [1.807, 2.05) is 6.20 Å². The molecule has 0 fully saturated rings. The maximum atomic E-state index is 4.22. The minimum absolute atomic E-state index is 0.782. The Morgan fingerprint density at radius 3 is 3.29 bits per heavy atom. The summed E-state index contributed by atoms with van der Waals surface area (Å²) in [5, 5.41) is 3.04. The van der Waals surface area contributed by atoms with Crippen LogP contribution < -0.4 is 14.8 Å². The topological polar surface area (TPSA) is 31.5 Å². The van der Waals surface area contributed by atoms with E-state index in [4.69, 9.17) is 0 Å². The number of pyridine rings is 1. The Morgan fingerprint density at radius 2 is 2.41 bits per heavy atom. The molecule has 2 aliphatic rings. The molecule has 1 aromatic heterocycles. The molecule has 0 spiro atoms. The highest BCUT2D eigenvalue weighted by Crippen LogP contribution is 2.14. The van der Waals surface area contributed by atoms with Gasteiger partial charge in [0.05, 0.1) is 25.3 Å². The van der Waals surface area contributed by atoms with Crippen molar-refractivity contribution in [1.82, 2.24) is 5.32 Å². The third-order valence-corrected chi connectivity index (χ3v) is 2.92. The van der Waals surface area contributed by atoms with Crippen molar-refractivity contribution in [1.29, 1.82) is 0 Å². The molecule has 0 unspecified atom stereocenters.